The largest absolute Gasteiger partial charge is 0.462 e. The van der Waals surface area contributed by atoms with Gasteiger partial charge in [0.1, 0.15) is 12.1 Å². The number of ether oxygens (including phenoxy) is 1. The monoisotopic (exact) mass is 287 g/mol. The zero-order valence-corrected chi connectivity index (χ0v) is 10.8. The summed E-state index contributed by atoms with van der Waals surface area (Å²) in [6, 6.07) is 3.63. The molecular formula is C12H11ClFNO4. The number of methoxy groups -OCH3 is 1. The lowest BCUT2D eigenvalue weighted by molar-refractivity contribution is -0.158. The highest BCUT2D eigenvalue weighted by Gasteiger charge is 2.23. The molecule has 0 aliphatic carbocycles. The fraction of sp³-hybridized carbons (Fsp3) is 0.250. The van der Waals surface area contributed by atoms with E-state index in [1.807, 2.05) is 0 Å². The van der Waals surface area contributed by atoms with Gasteiger partial charge in [-0.15, -0.1) is 0 Å². The molecule has 1 amide bonds. The number of amides is 1. The van der Waals surface area contributed by atoms with Crippen molar-refractivity contribution >= 4 is 29.8 Å². The van der Waals surface area contributed by atoms with Crippen LogP contribution in [0.4, 0.5) is 4.39 Å². The first kappa shape index (κ1) is 15.1. The predicted molar refractivity (Wildman–Crippen MR) is 64.9 cm³/mol. The van der Waals surface area contributed by atoms with Crippen molar-refractivity contribution in [3.8, 4) is 0 Å². The number of halogens is 2. The fourth-order valence-corrected chi connectivity index (χ4v) is 1.61. The standard InChI is InChI=1S/C12H11ClFNO4/c1-19-12(18)11(17)15(4-5-16)7-8-2-3-9(14)6-10(8)13/h2-3,5-6H,4,7H2,1H3. The van der Waals surface area contributed by atoms with Crippen LogP contribution in [-0.4, -0.2) is 36.7 Å². The van der Waals surface area contributed by atoms with Crippen molar-refractivity contribution in [2.45, 2.75) is 6.54 Å². The van der Waals surface area contributed by atoms with Gasteiger partial charge in [-0.25, -0.2) is 9.18 Å². The van der Waals surface area contributed by atoms with E-state index in [0.29, 0.717) is 11.8 Å². The molecule has 0 aromatic heterocycles. The molecule has 0 saturated carbocycles. The van der Waals surface area contributed by atoms with E-state index in [2.05, 4.69) is 4.74 Å². The second kappa shape index (κ2) is 6.84. The van der Waals surface area contributed by atoms with Gasteiger partial charge < -0.3 is 14.4 Å². The number of esters is 1. The summed E-state index contributed by atoms with van der Waals surface area (Å²) in [7, 11) is 1.06. The number of carbonyl (C=O) groups is 3. The highest BCUT2D eigenvalue weighted by atomic mass is 35.5. The Kier molecular flexibility index (Phi) is 5.44. The molecule has 0 N–H and O–H groups in total. The molecule has 1 aromatic carbocycles. The van der Waals surface area contributed by atoms with Gasteiger partial charge in [-0.1, -0.05) is 17.7 Å². The minimum Gasteiger partial charge on any atom is -0.462 e. The van der Waals surface area contributed by atoms with E-state index in [1.54, 1.807) is 0 Å². The molecule has 7 heteroatoms. The maximum absolute atomic E-state index is 12.9. The van der Waals surface area contributed by atoms with Crippen molar-refractivity contribution < 1.29 is 23.5 Å². The third kappa shape index (κ3) is 4.03. The first-order valence-electron chi connectivity index (χ1n) is 5.24. The van der Waals surface area contributed by atoms with Gasteiger partial charge in [0.15, 0.2) is 0 Å². The summed E-state index contributed by atoms with van der Waals surface area (Å²) in [5.41, 5.74) is 0.419. The van der Waals surface area contributed by atoms with Crippen molar-refractivity contribution in [2.75, 3.05) is 13.7 Å². The van der Waals surface area contributed by atoms with Gasteiger partial charge in [-0.3, -0.25) is 4.79 Å². The summed E-state index contributed by atoms with van der Waals surface area (Å²) >= 11 is 5.81. The van der Waals surface area contributed by atoms with Crippen molar-refractivity contribution in [2.24, 2.45) is 0 Å². The van der Waals surface area contributed by atoms with Gasteiger partial charge in [0.2, 0.25) is 0 Å². The Hall–Kier alpha value is -1.95. The number of carbonyl (C=O) groups excluding carboxylic acids is 3. The fourth-order valence-electron chi connectivity index (χ4n) is 1.38. The molecular weight excluding hydrogens is 277 g/mol. The quantitative estimate of drug-likeness (QED) is 0.474. The number of rotatable bonds is 4. The highest BCUT2D eigenvalue weighted by molar-refractivity contribution is 6.33. The summed E-state index contributed by atoms with van der Waals surface area (Å²) in [6.45, 7) is -0.382. The summed E-state index contributed by atoms with van der Waals surface area (Å²) < 4.78 is 17.2. The zero-order valence-electron chi connectivity index (χ0n) is 10.1. The molecule has 0 aliphatic heterocycles. The van der Waals surface area contributed by atoms with Crippen molar-refractivity contribution in [3.63, 3.8) is 0 Å². The number of benzene rings is 1. The van der Waals surface area contributed by atoms with Gasteiger partial charge in [-0.2, -0.15) is 0 Å². The van der Waals surface area contributed by atoms with Gasteiger partial charge in [0.25, 0.3) is 0 Å². The lowest BCUT2D eigenvalue weighted by atomic mass is 10.2. The van der Waals surface area contributed by atoms with Crippen LogP contribution in [0.1, 0.15) is 5.56 Å². The Morgan fingerprint density at radius 3 is 2.68 bits per heavy atom. The van der Waals surface area contributed by atoms with Crippen LogP contribution in [-0.2, 0) is 25.7 Å². The molecule has 1 rings (SSSR count). The molecule has 0 radical (unpaired) electrons. The molecule has 0 saturated heterocycles. The highest BCUT2D eigenvalue weighted by Crippen LogP contribution is 2.19. The Bertz CT molecular complexity index is 507. The normalized spacial score (nSPS) is 9.84. The van der Waals surface area contributed by atoms with Crippen LogP contribution in [0.5, 0.6) is 0 Å². The lowest BCUT2D eigenvalue weighted by Crippen LogP contribution is -2.38. The van der Waals surface area contributed by atoms with Crippen molar-refractivity contribution in [3.05, 3.63) is 34.6 Å². The summed E-state index contributed by atoms with van der Waals surface area (Å²) in [6.07, 6.45) is 0.471. The molecule has 1 aromatic rings. The topological polar surface area (TPSA) is 63.7 Å². The second-order valence-electron chi connectivity index (χ2n) is 3.58. The minimum atomic E-state index is -1.08. The summed E-state index contributed by atoms with van der Waals surface area (Å²) in [4.78, 5) is 34.2. The van der Waals surface area contributed by atoms with E-state index in [4.69, 9.17) is 11.6 Å². The maximum atomic E-state index is 12.9. The smallest absolute Gasteiger partial charge is 0.396 e. The summed E-state index contributed by atoms with van der Waals surface area (Å²) in [5, 5.41) is 0.105. The van der Waals surface area contributed by atoms with Crippen LogP contribution in [0.3, 0.4) is 0 Å². The molecule has 0 bridgehead atoms. The average Bonchev–Trinajstić information content (AvgIpc) is 2.39. The number of hydrogen-bond donors (Lipinski definition) is 0. The molecule has 0 fully saturated rings. The van der Waals surface area contributed by atoms with E-state index in [1.165, 1.54) is 12.1 Å². The molecule has 5 nitrogen and oxygen atoms in total. The van der Waals surface area contributed by atoms with Gasteiger partial charge in [0, 0.05) is 11.6 Å². The molecule has 0 spiro atoms. The number of nitrogens with zero attached hydrogens (tertiary/aromatic N) is 1. The van der Waals surface area contributed by atoms with Crippen LogP contribution in [0.2, 0.25) is 5.02 Å². The number of aldehydes is 1. The third-order valence-electron chi connectivity index (χ3n) is 2.32. The van der Waals surface area contributed by atoms with Crippen LogP contribution >= 0.6 is 11.6 Å². The molecule has 0 heterocycles. The van der Waals surface area contributed by atoms with E-state index in [0.717, 1.165) is 18.1 Å². The molecule has 0 atom stereocenters. The van der Waals surface area contributed by atoms with Gasteiger partial charge in [0.05, 0.1) is 13.7 Å². The Balaban J connectivity index is 2.92. The lowest BCUT2D eigenvalue weighted by Gasteiger charge is -2.19. The van der Waals surface area contributed by atoms with Crippen molar-refractivity contribution in [1.82, 2.24) is 4.90 Å². The van der Waals surface area contributed by atoms with Crippen LogP contribution in [0.15, 0.2) is 18.2 Å². The Morgan fingerprint density at radius 1 is 1.47 bits per heavy atom. The molecule has 102 valence electrons. The SMILES string of the molecule is COC(=O)C(=O)N(CC=O)Cc1ccc(F)cc1Cl. The Labute approximate surface area is 113 Å². The second-order valence-corrected chi connectivity index (χ2v) is 3.99. The first-order valence-corrected chi connectivity index (χ1v) is 5.62. The van der Waals surface area contributed by atoms with Crippen LogP contribution in [0.25, 0.3) is 0 Å². The average molecular weight is 288 g/mol. The molecule has 0 aliphatic rings. The molecule has 0 unspecified atom stereocenters. The first-order chi connectivity index (χ1) is 8.99. The maximum Gasteiger partial charge on any atom is 0.396 e. The third-order valence-corrected chi connectivity index (χ3v) is 2.67. The Morgan fingerprint density at radius 2 is 2.16 bits per heavy atom. The molecule has 19 heavy (non-hydrogen) atoms. The predicted octanol–water partition coefficient (Wildman–Crippen LogP) is 1.18. The van der Waals surface area contributed by atoms with Gasteiger partial charge >= 0.3 is 11.9 Å². The minimum absolute atomic E-state index is 0.0915. The van der Waals surface area contributed by atoms with Crippen LogP contribution < -0.4 is 0 Å². The number of hydrogen-bond acceptors (Lipinski definition) is 4. The van der Waals surface area contributed by atoms with Crippen molar-refractivity contribution in [1.29, 1.82) is 0 Å². The summed E-state index contributed by atoms with van der Waals surface area (Å²) in [5.74, 6) is -2.56. The van der Waals surface area contributed by atoms with Gasteiger partial charge in [-0.05, 0) is 17.7 Å². The van der Waals surface area contributed by atoms with E-state index >= 15 is 0 Å². The van der Waals surface area contributed by atoms with E-state index < -0.39 is 17.7 Å². The van der Waals surface area contributed by atoms with Crippen LogP contribution in [0, 0.1) is 5.82 Å². The van der Waals surface area contributed by atoms with E-state index in [9.17, 15) is 18.8 Å². The van der Waals surface area contributed by atoms with E-state index in [-0.39, 0.29) is 18.1 Å². The zero-order chi connectivity index (χ0) is 14.4.